The predicted octanol–water partition coefficient (Wildman–Crippen LogP) is 4.65. The molecular weight excluding hydrogens is 443 g/mol. The minimum absolute atomic E-state index is 0.155. The van der Waals surface area contributed by atoms with Crippen molar-refractivity contribution in [3.05, 3.63) is 31.8 Å². The Bertz CT molecular complexity index is 574. The molecule has 1 fully saturated rings. The highest BCUT2D eigenvalue weighted by Gasteiger charge is 2.36. The normalized spacial score (nSPS) is 25.1. The van der Waals surface area contributed by atoms with E-state index in [-0.39, 0.29) is 5.91 Å². The largest absolute Gasteiger partial charge is 0.334 e. The maximum absolute atomic E-state index is 12.5. The number of nitrogens with zero attached hydrogens (tertiary/aromatic N) is 1. The van der Waals surface area contributed by atoms with Crippen LogP contribution in [0.5, 0.6) is 0 Å². The van der Waals surface area contributed by atoms with Crippen molar-refractivity contribution in [2.24, 2.45) is 5.92 Å². The Morgan fingerprint density at radius 1 is 1.52 bits per heavy atom. The van der Waals surface area contributed by atoms with Crippen LogP contribution in [-0.2, 0) is 0 Å². The lowest BCUT2D eigenvalue weighted by Gasteiger charge is -2.35. The van der Waals surface area contributed by atoms with E-state index in [0.29, 0.717) is 11.5 Å². The molecule has 1 aromatic carbocycles. The molecule has 1 aliphatic rings. The van der Waals surface area contributed by atoms with Gasteiger partial charge in [0, 0.05) is 8.04 Å². The molecule has 0 unspecified atom stereocenters. The zero-order valence-electron chi connectivity index (χ0n) is 12.0. The van der Waals surface area contributed by atoms with Crippen LogP contribution in [0, 0.1) is 20.8 Å². The Labute approximate surface area is 147 Å². The maximum Gasteiger partial charge on any atom is 0.253 e. The van der Waals surface area contributed by atoms with Gasteiger partial charge in [-0.15, -0.1) is 0 Å². The third-order valence-corrected chi connectivity index (χ3v) is 5.71. The molecule has 1 amide bonds. The van der Waals surface area contributed by atoms with E-state index in [1.165, 1.54) is 0 Å². The summed E-state index contributed by atoms with van der Waals surface area (Å²) in [6.07, 6.45) is 4.68. The summed E-state index contributed by atoms with van der Waals surface area (Å²) in [5.74, 6) is 0.534. The Kier molecular flexibility index (Phi) is 5.67. The van der Waals surface area contributed by atoms with Crippen molar-refractivity contribution in [2.75, 3.05) is 0 Å². The van der Waals surface area contributed by atoms with Gasteiger partial charge in [-0.25, -0.2) is 0 Å². The monoisotopic (exact) mass is 460 g/mol. The molecule has 0 bridgehead atoms. The number of amides is 1. The van der Waals surface area contributed by atoms with E-state index in [2.05, 4.69) is 56.8 Å². The molecule has 1 N–H and O–H groups in total. The van der Waals surface area contributed by atoms with Crippen LogP contribution < -0.4 is 5.32 Å². The maximum atomic E-state index is 12.5. The van der Waals surface area contributed by atoms with Gasteiger partial charge in [-0.1, -0.05) is 29.3 Å². The van der Waals surface area contributed by atoms with Gasteiger partial charge in [0.25, 0.3) is 5.91 Å². The van der Waals surface area contributed by atoms with E-state index in [1.807, 2.05) is 12.1 Å². The quantitative estimate of drug-likeness (QED) is 0.667. The van der Waals surface area contributed by atoms with E-state index in [9.17, 15) is 10.1 Å². The number of benzene rings is 1. The van der Waals surface area contributed by atoms with E-state index < -0.39 is 5.54 Å². The van der Waals surface area contributed by atoms with Crippen LogP contribution in [0.4, 0.5) is 0 Å². The molecule has 0 aliphatic heterocycles. The van der Waals surface area contributed by atoms with Crippen molar-refractivity contribution >= 4 is 44.4 Å². The molecule has 0 aromatic heterocycles. The summed E-state index contributed by atoms with van der Waals surface area (Å²) in [7, 11) is 0. The predicted molar refractivity (Wildman–Crippen MR) is 94.9 cm³/mol. The number of hydrogen-bond donors (Lipinski definition) is 1. The molecule has 0 radical (unpaired) electrons. The smallest absolute Gasteiger partial charge is 0.253 e. The third-order valence-electron chi connectivity index (χ3n) is 4.28. The highest BCUT2D eigenvalue weighted by molar-refractivity contribution is 14.1. The lowest BCUT2D eigenvalue weighted by molar-refractivity contribution is 0.0890. The molecular formula is C16H18BrIN2O. The second-order valence-electron chi connectivity index (χ2n) is 5.62. The standard InChI is InChI=1S/C16H18BrIN2O/c1-2-11-5-7-16(10-19,8-6-11)20-15(21)13-9-12(17)3-4-14(13)18/h3-4,9,11H,2,5-8H2,1H3,(H,20,21). The fourth-order valence-corrected chi connectivity index (χ4v) is 3.74. The van der Waals surface area contributed by atoms with Crippen molar-refractivity contribution in [1.29, 1.82) is 5.26 Å². The minimum Gasteiger partial charge on any atom is -0.334 e. The lowest BCUT2D eigenvalue weighted by atomic mass is 9.76. The summed E-state index contributed by atoms with van der Waals surface area (Å²) in [6, 6.07) is 7.96. The Morgan fingerprint density at radius 3 is 2.76 bits per heavy atom. The molecule has 21 heavy (non-hydrogen) atoms. The van der Waals surface area contributed by atoms with Gasteiger partial charge in [0.1, 0.15) is 5.54 Å². The van der Waals surface area contributed by atoms with Gasteiger partial charge in [0.05, 0.1) is 11.6 Å². The first-order chi connectivity index (χ1) is 9.99. The fraction of sp³-hybridized carbons (Fsp3) is 0.500. The van der Waals surface area contributed by atoms with Crippen LogP contribution in [0.2, 0.25) is 0 Å². The van der Waals surface area contributed by atoms with Gasteiger partial charge >= 0.3 is 0 Å². The molecule has 1 saturated carbocycles. The SMILES string of the molecule is CCC1CCC(C#N)(NC(=O)c2cc(Br)ccc2I)CC1. The molecule has 1 aromatic rings. The van der Waals surface area contributed by atoms with Gasteiger partial charge in [-0.2, -0.15) is 5.26 Å². The first-order valence-corrected chi connectivity index (χ1v) is 9.05. The third kappa shape index (κ3) is 3.98. The summed E-state index contributed by atoms with van der Waals surface area (Å²) in [4.78, 5) is 12.5. The molecule has 112 valence electrons. The summed E-state index contributed by atoms with van der Waals surface area (Å²) in [5, 5.41) is 12.5. The van der Waals surface area contributed by atoms with Crippen molar-refractivity contribution in [2.45, 2.75) is 44.6 Å². The van der Waals surface area contributed by atoms with Gasteiger partial charge in [0.2, 0.25) is 0 Å². The highest BCUT2D eigenvalue weighted by Crippen LogP contribution is 2.33. The topological polar surface area (TPSA) is 52.9 Å². The Balaban J connectivity index is 2.14. The molecule has 0 saturated heterocycles. The Morgan fingerprint density at radius 2 is 2.19 bits per heavy atom. The molecule has 0 heterocycles. The zero-order valence-corrected chi connectivity index (χ0v) is 15.7. The number of carbonyl (C=O) groups is 1. The average Bonchev–Trinajstić information content (AvgIpc) is 2.50. The number of rotatable bonds is 3. The van der Waals surface area contributed by atoms with E-state index in [4.69, 9.17) is 0 Å². The van der Waals surface area contributed by atoms with Crippen molar-refractivity contribution in [1.82, 2.24) is 5.32 Å². The molecule has 0 spiro atoms. The van der Waals surface area contributed by atoms with Gasteiger partial charge < -0.3 is 5.32 Å². The molecule has 5 heteroatoms. The fourth-order valence-electron chi connectivity index (χ4n) is 2.80. The van der Waals surface area contributed by atoms with Gasteiger partial charge in [0.15, 0.2) is 0 Å². The second-order valence-corrected chi connectivity index (χ2v) is 7.70. The van der Waals surface area contributed by atoms with Crippen molar-refractivity contribution < 1.29 is 4.79 Å². The Hall–Kier alpha value is -0.610. The van der Waals surface area contributed by atoms with Crippen molar-refractivity contribution in [3.63, 3.8) is 0 Å². The number of carbonyl (C=O) groups excluding carboxylic acids is 1. The number of nitrogens with one attached hydrogen (secondary N) is 1. The van der Waals surface area contributed by atoms with E-state index >= 15 is 0 Å². The second kappa shape index (κ2) is 7.10. The van der Waals surface area contributed by atoms with E-state index in [0.717, 1.165) is 40.1 Å². The first kappa shape index (κ1) is 16.8. The van der Waals surface area contributed by atoms with Crippen LogP contribution in [0.3, 0.4) is 0 Å². The van der Waals surface area contributed by atoms with Crippen LogP contribution in [0.15, 0.2) is 22.7 Å². The van der Waals surface area contributed by atoms with Crippen LogP contribution >= 0.6 is 38.5 Å². The minimum atomic E-state index is -0.700. The highest BCUT2D eigenvalue weighted by atomic mass is 127. The summed E-state index contributed by atoms with van der Waals surface area (Å²) in [6.45, 7) is 2.19. The lowest BCUT2D eigenvalue weighted by Crippen LogP contribution is -2.49. The van der Waals surface area contributed by atoms with Gasteiger partial charge in [-0.05, 0) is 72.4 Å². The van der Waals surface area contributed by atoms with Crippen LogP contribution in [-0.4, -0.2) is 11.4 Å². The number of halogens is 2. The zero-order chi connectivity index (χ0) is 15.5. The first-order valence-electron chi connectivity index (χ1n) is 7.18. The summed E-state index contributed by atoms with van der Waals surface area (Å²) >= 11 is 5.54. The summed E-state index contributed by atoms with van der Waals surface area (Å²) < 4.78 is 1.76. The van der Waals surface area contributed by atoms with Crippen molar-refractivity contribution in [3.8, 4) is 6.07 Å². The average molecular weight is 461 g/mol. The van der Waals surface area contributed by atoms with Crippen LogP contribution in [0.25, 0.3) is 0 Å². The summed E-state index contributed by atoms with van der Waals surface area (Å²) in [5.41, 5.74) is -0.0778. The van der Waals surface area contributed by atoms with E-state index in [1.54, 1.807) is 6.07 Å². The molecule has 0 atom stereocenters. The van der Waals surface area contributed by atoms with Gasteiger partial charge in [-0.3, -0.25) is 4.79 Å². The van der Waals surface area contributed by atoms with Crippen LogP contribution in [0.1, 0.15) is 49.4 Å². The number of hydrogen-bond acceptors (Lipinski definition) is 2. The molecule has 2 rings (SSSR count). The number of nitriles is 1. The molecule has 3 nitrogen and oxygen atoms in total. The molecule has 1 aliphatic carbocycles.